The Balaban J connectivity index is 0.00000225. The Kier molecular flexibility index (Phi) is 6.38. The molecule has 0 bridgehead atoms. The molecule has 28 heavy (non-hydrogen) atoms. The zero-order chi connectivity index (χ0) is 19.0. The molecule has 3 aromatic rings. The van der Waals surface area contributed by atoms with Gasteiger partial charge in [0.15, 0.2) is 0 Å². The summed E-state index contributed by atoms with van der Waals surface area (Å²) in [5.41, 5.74) is 4.64. The number of hydrogen-bond acceptors (Lipinski definition) is 1. The summed E-state index contributed by atoms with van der Waals surface area (Å²) in [7, 11) is 0. The molecule has 1 nitrogen and oxygen atoms in total. The summed E-state index contributed by atoms with van der Waals surface area (Å²) in [4.78, 5) is 0. The van der Waals surface area contributed by atoms with Crippen LogP contribution in [0.2, 0.25) is 0 Å². The third-order valence-corrected chi connectivity index (χ3v) is 5.57. The average molecular weight is 438 g/mol. The minimum absolute atomic E-state index is 0. The summed E-state index contributed by atoms with van der Waals surface area (Å²) in [6.07, 6.45) is 9.52. The molecule has 0 amide bonds. The SMILES string of the molecule is C=[C-]c1c(C=C)c(=C/C)/c(=C\C2Nc3ccccc3C2C)c2ccc[c-]c12.[Y]. The molecule has 1 N–H and O–H groups in total. The quantitative estimate of drug-likeness (QED) is 0.580. The zero-order valence-corrected chi connectivity index (χ0v) is 19.3. The normalized spacial score (nSPS) is 19.1. The monoisotopic (exact) mass is 438 g/mol. The largest absolute Gasteiger partial charge is 0.378 e. The van der Waals surface area contributed by atoms with Crippen molar-refractivity contribution in [2.45, 2.75) is 25.8 Å². The standard InChI is InChI=1S/C26H23N.Y/c1-5-18-19(6-2)22-13-8-9-14-23(22)24(20(18)7-3)16-26-17(4)21-12-10-11-15-25(21)27-26;/h5,7-12,14-17,26-27H,1-2H2,3-4H3;/q-2;/b20-7-,24-16+;. The van der Waals surface area contributed by atoms with Crippen LogP contribution in [0, 0.1) is 12.1 Å². The predicted molar refractivity (Wildman–Crippen MR) is 117 cm³/mol. The number of para-hydroxylation sites is 1. The van der Waals surface area contributed by atoms with Gasteiger partial charge < -0.3 is 5.32 Å². The molecular formula is C26H23NY-2. The van der Waals surface area contributed by atoms with Crippen LogP contribution in [-0.4, -0.2) is 6.04 Å². The first kappa shape index (κ1) is 20.8. The van der Waals surface area contributed by atoms with Gasteiger partial charge in [-0.25, -0.2) is 17.5 Å². The van der Waals surface area contributed by atoms with E-state index in [0.29, 0.717) is 5.92 Å². The molecule has 0 aliphatic carbocycles. The summed E-state index contributed by atoms with van der Waals surface area (Å²) in [6.45, 7) is 12.3. The van der Waals surface area contributed by atoms with Gasteiger partial charge in [-0.1, -0.05) is 47.7 Å². The van der Waals surface area contributed by atoms with Crippen molar-refractivity contribution in [2.24, 2.45) is 0 Å². The molecule has 2 heteroatoms. The Morgan fingerprint density at radius 1 is 1.14 bits per heavy atom. The minimum atomic E-state index is 0. The van der Waals surface area contributed by atoms with E-state index in [1.165, 1.54) is 27.1 Å². The first-order valence-corrected chi connectivity index (χ1v) is 9.35. The van der Waals surface area contributed by atoms with Crippen molar-refractivity contribution < 1.29 is 32.7 Å². The molecule has 0 spiro atoms. The van der Waals surface area contributed by atoms with Gasteiger partial charge in [-0.15, -0.1) is 24.8 Å². The fourth-order valence-corrected chi connectivity index (χ4v) is 4.20. The van der Waals surface area contributed by atoms with E-state index in [4.69, 9.17) is 0 Å². The van der Waals surface area contributed by atoms with Crippen LogP contribution >= 0.6 is 0 Å². The van der Waals surface area contributed by atoms with Gasteiger partial charge in [0.25, 0.3) is 0 Å². The molecular weight excluding hydrogens is 415 g/mol. The van der Waals surface area contributed by atoms with Crippen LogP contribution in [0.25, 0.3) is 29.0 Å². The van der Waals surface area contributed by atoms with E-state index in [1.54, 1.807) is 0 Å². The summed E-state index contributed by atoms with van der Waals surface area (Å²) in [6, 6.07) is 18.3. The Morgan fingerprint density at radius 3 is 2.61 bits per heavy atom. The van der Waals surface area contributed by atoms with Crippen LogP contribution < -0.4 is 15.8 Å². The van der Waals surface area contributed by atoms with Crippen molar-refractivity contribution in [1.29, 1.82) is 0 Å². The smallest absolute Gasteiger partial charge is 0.0512 e. The number of fused-ring (bicyclic) bond motifs is 2. The van der Waals surface area contributed by atoms with Crippen molar-refractivity contribution >= 4 is 34.7 Å². The molecule has 1 aliphatic heterocycles. The van der Waals surface area contributed by atoms with Gasteiger partial charge in [0.1, 0.15) is 0 Å². The van der Waals surface area contributed by atoms with Gasteiger partial charge in [0.05, 0.1) is 6.04 Å². The predicted octanol–water partition coefficient (Wildman–Crippen LogP) is 4.80. The fourth-order valence-electron chi connectivity index (χ4n) is 4.20. The number of anilines is 1. The maximum Gasteiger partial charge on any atom is 0.0512 e. The average Bonchev–Trinajstić information content (AvgIpc) is 3.03. The molecule has 2 unspecified atom stereocenters. The van der Waals surface area contributed by atoms with Crippen molar-refractivity contribution in [3.05, 3.63) is 94.9 Å². The van der Waals surface area contributed by atoms with Gasteiger partial charge in [-0.3, -0.25) is 5.56 Å². The molecule has 0 saturated carbocycles. The molecule has 2 atom stereocenters. The maximum atomic E-state index is 4.04. The molecule has 0 saturated heterocycles. The van der Waals surface area contributed by atoms with Crippen molar-refractivity contribution in [2.75, 3.05) is 5.32 Å². The topological polar surface area (TPSA) is 12.0 Å². The third kappa shape index (κ3) is 3.32. The Morgan fingerprint density at radius 2 is 1.93 bits per heavy atom. The van der Waals surface area contributed by atoms with Gasteiger partial charge in [-0.2, -0.15) is 23.6 Å². The fraction of sp³-hybridized carbons (Fsp3) is 0.154. The van der Waals surface area contributed by atoms with E-state index in [2.05, 4.69) is 86.9 Å². The summed E-state index contributed by atoms with van der Waals surface area (Å²) in [5, 5.41) is 8.29. The number of hydrogen-bond donors (Lipinski definition) is 1. The first-order valence-electron chi connectivity index (χ1n) is 9.35. The molecule has 0 aromatic heterocycles. The number of rotatable bonds is 3. The molecule has 1 radical (unpaired) electrons. The molecule has 1 aliphatic rings. The van der Waals surface area contributed by atoms with Crippen LogP contribution in [0.4, 0.5) is 5.69 Å². The third-order valence-electron chi connectivity index (χ3n) is 5.57. The van der Waals surface area contributed by atoms with E-state index in [1.807, 2.05) is 18.2 Å². The molecule has 4 rings (SSSR count). The zero-order valence-electron chi connectivity index (χ0n) is 16.4. The number of benzene rings is 3. The second kappa shape index (κ2) is 8.59. The van der Waals surface area contributed by atoms with Crippen molar-refractivity contribution in [3.63, 3.8) is 0 Å². The van der Waals surface area contributed by atoms with Crippen LogP contribution in [0.1, 0.15) is 36.5 Å². The second-order valence-corrected chi connectivity index (χ2v) is 6.96. The van der Waals surface area contributed by atoms with Crippen molar-refractivity contribution in [3.8, 4) is 0 Å². The van der Waals surface area contributed by atoms with Crippen LogP contribution in [0.3, 0.4) is 0 Å². The molecule has 0 fully saturated rings. The summed E-state index contributed by atoms with van der Waals surface area (Å²) in [5.74, 6) is 0.409. The van der Waals surface area contributed by atoms with Crippen LogP contribution in [0.5, 0.6) is 0 Å². The van der Waals surface area contributed by atoms with Gasteiger partial charge in [-0.05, 0) is 18.6 Å². The van der Waals surface area contributed by atoms with Crippen LogP contribution in [0.15, 0.2) is 55.6 Å². The van der Waals surface area contributed by atoms with Gasteiger partial charge in [0.2, 0.25) is 0 Å². The maximum absolute atomic E-state index is 4.04. The molecule has 1 heterocycles. The first-order chi connectivity index (χ1) is 13.2. The molecule has 137 valence electrons. The van der Waals surface area contributed by atoms with E-state index in [-0.39, 0.29) is 38.8 Å². The Labute approximate surface area is 192 Å². The molecule has 3 aromatic carbocycles. The van der Waals surface area contributed by atoms with Crippen LogP contribution in [-0.2, 0) is 32.7 Å². The minimum Gasteiger partial charge on any atom is -0.378 e. The summed E-state index contributed by atoms with van der Waals surface area (Å²) < 4.78 is 0. The Bertz CT molecular complexity index is 1170. The van der Waals surface area contributed by atoms with E-state index in [9.17, 15) is 0 Å². The van der Waals surface area contributed by atoms with Gasteiger partial charge >= 0.3 is 0 Å². The van der Waals surface area contributed by atoms with E-state index >= 15 is 0 Å². The van der Waals surface area contributed by atoms with E-state index in [0.717, 1.165) is 16.5 Å². The van der Waals surface area contributed by atoms with Gasteiger partial charge in [0, 0.05) is 44.3 Å². The number of nitrogens with one attached hydrogen (secondary N) is 1. The summed E-state index contributed by atoms with van der Waals surface area (Å²) >= 11 is 0. The van der Waals surface area contributed by atoms with Crippen molar-refractivity contribution in [1.82, 2.24) is 0 Å². The Hall–Kier alpha value is -1.96. The second-order valence-electron chi connectivity index (χ2n) is 6.96. The van der Waals surface area contributed by atoms with E-state index < -0.39 is 0 Å².